The van der Waals surface area contributed by atoms with Gasteiger partial charge in [-0.2, -0.15) is 0 Å². The van der Waals surface area contributed by atoms with E-state index in [1.807, 2.05) is 19.1 Å². The summed E-state index contributed by atoms with van der Waals surface area (Å²) in [6, 6.07) is 0.286. The molecule has 0 bridgehead atoms. The molecule has 3 heteroatoms. The van der Waals surface area contributed by atoms with Crippen molar-refractivity contribution >= 4 is 5.97 Å². The number of carboxylic acids is 1. The molecule has 0 spiro atoms. The number of aliphatic carboxylic acids is 1. The van der Waals surface area contributed by atoms with Crippen LogP contribution in [0.2, 0.25) is 0 Å². The van der Waals surface area contributed by atoms with Crippen molar-refractivity contribution in [1.29, 1.82) is 0 Å². The van der Waals surface area contributed by atoms with Gasteiger partial charge in [-0.1, -0.05) is 24.3 Å². The fourth-order valence-corrected chi connectivity index (χ4v) is 2.18. The van der Waals surface area contributed by atoms with E-state index >= 15 is 0 Å². The average molecular weight is 205 g/mol. The topological polar surface area (TPSA) is 49.3 Å². The van der Waals surface area contributed by atoms with Gasteiger partial charge < -0.3 is 10.4 Å². The van der Waals surface area contributed by atoms with Crippen LogP contribution >= 0.6 is 0 Å². The van der Waals surface area contributed by atoms with Gasteiger partial charge in [0, 0.05) is 18.0 Å². The first kappa shape index (κ1) is 10.0. The molecule has 2 N–H and O–H groups in total. The predicted molar refractivity (Wildman–Crippen MR) is 58.3 cm³/mol. The first-order valence-electron chi connectivity index (χ1n) is 5.21. The third-order valence-electron chi connectivity index (χ3n) is 2.88. The van der Waals surface area contributed by atoms with Crippen molar-refractivity contribution in [3.05, 3.63) is 35.6 Å². The molecule has 15 heavy (non-hydrogen) atoms. The Morgan fingerprint density at radius 2 is 2.40 bits per heavy atom. The Morgan fingerprint density at radius 1 is 1.60 bits per heavy atom. The minimum Gasteiger partial charge on any atom is -0.481 e. The summed E-state index contributed by atoms with van der Waals surface area (Å²) in [6.45, 7) is 2.04. The average Bonchev–Trinajstić information content (AvgIpc) is 2.55. The quantitative estimate of drug-likeness (QED) is 0.739. The lowest BCUT2D eigenvalue weighted by Gasteiger charge is -2.23. The number of fused-ring (bicyclic) bond motifs is 1. The van der Waals surface area contributed by atoms with Crippen molar-refractivity contribution < 1.29 is 9.90 Å². The maximum Gasteiger partial charge on any atom is 0.303 e. The molecule has 2 atom stereocenters. The zero-order valence-electron chi connectivity index (χ0n) is 8.73. The van der Waals surface area contributed by atoms with Gasteiger partial charge in [0.1, 0.15) is 0 Å². The highest BCUT2D eigenvalue weighted by Gasteiger charge is 2.28. The number of hydrogen-bond donors (Lipinski definition) is 2. The van der Waals surface area contributed by atoms with Gasteiger partial charge in [-0.25, -0.2) is 0 Å². The van der Waals surface area contributed by atoms with Crippen LogP contribution in [0.1, 0.15) is 19.8 Å². The number of hydrogen-bond acceptors (Lipinski definition) is 2. The van der Waals surface area contributed by atoms with Crippen molar-refractivity contribution in [3.8, 4) is 0 Å². The maximum absolute atomic E-state index is 10.5. The monoisotopic (exact) mass is 205 g/mol. The van der Waals surface area contributed by atoms with Gasteiger partial charge in [0.05, 0.1) is 6.04 Å². The van der Waals surface area contributed by atoms with E-state index in [9.17, 15) is 4.79 Å². The normalized spacial score (nSPS) is 27.8. The lowest BCUT2D eigenvalue weighted by molar-refractivity contribution is -0.136. The van der Waals surface area contributed by atoms with E-state index in [1.165, 1.54) is 11.3 Å². The van der Waals surface area contributed by atoms with E-state index in [0.29, 0.717) is 12.3 Å². The summed E-state index contributed by atoms with van der Waals surface area (Å²) in [5.41, 5.74) is 2.37. The number of rotatable bonds is 3. The van der Waals surface area contributed by atoms with Gasteiger partial charge in [-0.05, 0) is 18.9 Å². The number of nitrogens with one attached hydrogen (secondary N) is 1. The number of carbonyl (C=O) groups is 1. The molecular weight excluding hydrogens is 190 g/mol. The smallest absolute Gasteiger partial charge is 0.303 e. The van der Waals surface area contributed by atoms with Gasteiger partial charge in [0.15, 0.2) is 0 Å². The lowest BCUT2D eigenvalue weighted by atomic mass is 9.88. The van der Waals surface area contributed by atoms with Crippen LogP contribution in [-0.4, -0.2) is 17.1 Å². The summed E-state index contributed by atoms with van der Waals surface area (Å²) in [4.78, 5) is 10.5. The van der Waals surface area contributed by atoms with Crippen LogP contribution in [0.5, 0.6) is 0 Å². The Balaban J connectivity index is 2.04. The molecule has 0 aromatic heterocycles. The highest BCUT2D eigenvalue weighted by atomic mass is 16.4. The van der Waals surface area contributed by atoms with Crippen molar-refractivity contribution in [3.63, 3.8) is 0 Å². The van der Waals surface area contributed by atoms with Crippen molar-refractivity contribution in [2.75, 3.05) is 0 Å². The van der Waals surface area contributed by atoms with Crippen LogP contribution in [0.25, 0.3) is 0 Å². The second-order valence-electron chi connectivity index (χ2n) is 4.07. The van der Waals surface area contributed by atoms with Crippen LogP contribution in [-0.2, 0) is 4.79 Å². The van der Waals surface area contributed by atoms with E-state index in [4.69, 9.17) is 5.11 Å². The lowest BCUT2D eigenvalue weighted by Crippen LogP contribution is -2.31. The molecule has 1 heterocycles. The molecule has 0 saturated carbocycles. The Labute approximate surface area is 89.2 Å². The first-order chi connectivity index (χ1) is 7.16. The summed E-state index contributed by atoms with van der Waals surface area (Å²) < 4.78 is 0. The van der Waals surface area contributed by atoms with Crippen LogP contribution in [0.3, 0.4) is 0 Å². The molecule has 1 aliphatic heterocycles. The van der Waals surface area contributed by atoms with Gasteiger partial charge >= 0.3 is 5.97 Å². The summed E-state index contributed by atoms with van der Waals surface area (Å²) >= 11 is 0. The standard InChI is InChI=1S/C12H15NO2/c1-8-7-10-4-2-3-9(12(10)13-8)5-6-11(14)15/h2-4,7,10,12-13H,5-6H2,1H3,(H,14,15). The molecule has 2 aliphatic rings. The molecule has 2 unspecified atom stereocenters. The molecule has 2 rings (SSSR count). The first-order valence-corrected chi connectivity index (χ1v) is 5.21. The summed E-state index contributed by atoms with van der Waals surface area (Å²) in [5.74, 6) is -0.330. The SMILES string of the molecule is CC1=CC2C=CC=C(CCC(=O)O)C2N1. The molecule has 80 valence electrons. The Morgan fingerprint density at radius 3 is 3.13 bits per heavy atom. The van der Waals surface area contributed by atoms with Crippen LogP contribution in [0.15, 0.2) is 35.6 Å². The molecule has 0 amide bonds. The minimum atomic E-state index is -0.732. The third-order valence-corrected chi connectivity index (χ3v) is 2.88. The van der Waals surface area contributed by atoms with Crippen LogP contribution < -0.4 is 5.32 Å². The highest BCUT2D eigenvalue weighted by molar-refractivity contribution is 5.67. The molecule has 0 saturated heterocycles. The van der Waals surface area contributed by atoms with Gasteiger partial charge in [0.25, 0.3) is 0 Å². The maximum atomic E-state index is 10.5. The summed E-state index contributed by atoms with van der Waals surface area (Å²) in [6.07, 6.45) is 9.24. The van der Waals surface area contributed by atoms with Crippen LogP contribution in [0.4, 0.5) is 0 Å². The predicted octanol–water partition coefficient (Wildman–Crippen LogP) is 1.84. The van der Waals surface area contributed by atoms with E-state index in [1.54, 1.807) is 0 Å². The fraction of sp³-hybridized carbons (Fsp3) is 0.417. The fourth-order valence-electron chi connectivity index (χ4n) is 2.18. The molecular formula is C12H15NO2. The zero-order chi connectivity index (χ0) is 10.8. The highest BCUT2D eigenvalue weighted by Crippen LogP contribution is 2.29. The van der Waals surface area contributed by atoms with Crippen molar-refractivity contribution in [1.82, 2.24) is 5.32 Å². The molecule has 0 aromatic carbocycles. The van der Waals surface area contributed by atoms with Crippen LogP contribution in [0, 0.1) is 5.92 Å². The Bertz CT molecular complexity index is 366. The Kier molecular flexibility index (Phi) is 2.62. The minimum absolute atomic E-state index is 0.212. The van der Waals surface area contributed by atoms with Crippen molar-refractivity contribution in [2.45, 2.75) is 25.8 Å². The van der Waals surface area contributed by atoms with Gasteiger partial charge in [0.2, 0.25) is 0 Å². The molecule has 1 aliphatic carbocycles. The van der Waals surface area contributed by atoms with E-state index in [2.05, 4.69) is 17.5 Å². The molecule has 0 aromatic rings. The van der Waals surface area contributed by atoms with E-state index in [-0.39, 0.29) is 12.5 Å². The van der Waals surface area contributed by atoms with Gasteiger partial charge in [-0.3, -0.25) is 4.79 Å². The zero-order valence-corrected chi connectivity index (χ0v) is 8.73. The molecule has 3 nitrogen and oxygen atoms in total. The number of allylic oxidation sites excluding steroid dienone is 3. The van der Waals surface area contributed by atoms with Gasteiger partial charge in [-0.15, -0.1) is 0 Å². The molecule has 0 fully saturated rings. The largest absolute Gasteiger partial charge is 0.481 e. The molecule has 0 radical (unpaired) electrons. The second-order valence-corrected chi connectivity index (χ2v) is 4.07. The van der Waals surface area contributed by atoms with Crippen molar-refractivity contribution in [2.24, 2.45) is 5.92 Å². The number of carboxylic acid groups (broad SMARTS) is 1. The Hall–Kier alpha value is -1.51. The van der Waals surface area contributed by atoms with E-state index in [0.717, 1.165) is 0 Å². The second kappa shape index (κ2) is 3.93. The third kappa shape index (κ3) is 2.12. The van der Waals surface area contributed by atoms with E-state index < -0.39 is 5.97 Å². The summed E-state index contributed by atoms with van der Waals surface area (Å²) in [7, 11) is 0. The summed E-state index contributed by atoms with van der Waals surface area (Å²) in [5, 5.41) is 12.0.